The van der Waals surface area contributed by atoms with Crippen LogP contribution in [0, 0.1) is 6.92 Å². The number of halogens is 2. The summed E-state index contributed by atoms with van der Waals surface area (Å²) in [6, 6.07) is 20.1. The summed E-state index contributed by atoms with van der Waals surface area (Å²) >= 11 is 12.4. The molecular weight excluding hydrogens is 407 g/mol. The fourth-order valence-corrected chi connectivity index (χ4v) is 3.27. The molecule has 2 heterocycles. The highest BCUT2D eigenvalue weighted by Gasteiger charge is 2.12. The SMILES string of the molecule is Cc1ccc(-c2ccc(C(=O)/C=C/c3ccc(-c4ccccc4Cl)o3)o2)cc1Cl. The van der Waals surface area contributed by atoms with E-state index >= 15 is 0 Å². The Morgan fingerprint density at radius 3 is 2.45 bits per heavy atom. The fraction of sp³-hybridized carbons (Fsp3) is 0.0417. The lowest BCUT2D eigenvalue weighted by atomic mass is 10.1. The van der Waals surface area contributed by atoms with Crippen LogP contribution in [0.4, 0.5) is 0 Å². The van der Waals surface area contributed by atoms with Gasteiger partial charge in [-0.25, -0.2) is 0 Å². The van der Waals surface area contributed by atoms with E-state index in [1.165, 1.54) is 6.08 Å². The molecule has 2 aromatic carbocycles. The summed E-state index contributed by atoms with van der Waals surface area (Å²) < 4.78 is 11.5. The van der Waals surface area contributed by atoms with Crippen LogP contribution in [0.3, 0.4) is 0 Å². The van der Waals surface area contributed by atoms with Gasteiger partial charge in [0.15, 0.2) is 5.76 Å². The summed E-state index contributed by atoms with van der Waals surface area (Å²) in [4.78, 5) is 12.4. The van der Waals surface area contributed by atoms with Gasteiger partial charge in [-0.15, -0.1) is 0 Å². The standard InChI is InChI=1S/C24H16Cl2O3/c1-15-6-7-16(14-20(15)26)22-12-13-24(29-22)21(27)10-8-17-9-11-23(28-17)18-4-2-3-5-19(18)25/h2-14H,1H3/b10-8+. The first-order chi connectivity index (χ1) is 14.0. The first kappa shape index (κ1) is 19.3. The predicted molar refractivity (Wildman–Crippen MR) is 116 cm³/mol. The minimum absolute atomic E-state index is 0.242. The average molecular weight is 423 g/mol. The molecule has 5 heteroatoms. The maximum absolute atomic E-state index is 12.4. The second kappa shape index (κ2) is 8.16. The van der Waals surface area contributed by atoms with Gasteiger partial charge in [0.2, 0.25) is 5.78 Å². The van der Waals surface area contributed by atoms with E-state index in [0.717, 1.165) is 16.7 Å². The van der Waals surface area contributed by atoms with Crippen LogP contribution < -0.4 is 0 Å². The van der Waals surface area contributed by atoms with E-state index in [1.807, 2.05) is 49.4 Å². The number of benzene rings is 2. The highest BCUT2D eigenvalue weighted by atomic mass is 35.5. The van der Waals surface area contributed by atoms with E-state index in [0.29, 0.717) is 27.3 Å². The van der Waals surface area contributed by atoms with Crippen LogP contribution in [-0.4, -0.2) is 5.78 Å². The molecule has 0 radical (unpaired) electrons. The molecule has 0 aliphatic carbocycles. The third kappa shape index (κ3) is 4.21. The molecule has 0 fully saturated rings. The largest absolute Gasteiger partial charge is 0.457 e. The minimum Gasteiger partial charge on any atom is -0.457 e. The number of ketones is 1. The van der Waals surface area contributed by atoms with Crippen LogP contribution in [-0.2, 0) is 0 Å². The predicted octanol–water partition coefficient (Wildman–Crippen LogP) is 7.72. The van der Waals surface area contributed by atoms with Crippen molar-refractivity contribution in [1.82, 2.24) is 0 Å². The number of hydrogen-bond donors (Lipinski definition) is 0. The topological polar surface area (TPSA) is 43.4 Å². The van der Waals surface area contributed by atoms with Gasteiger partial charge < -0.3 is 8.83 Å². The van der Waals surface area contributed by atoms with Crippen LogP contribution in [0.25, 0.3) is 28.7 Å². The molecule has 0 saturated heterocycles. The van der Waals surface area contributed by atoms with Crippen molar-refractivity contribution >= 4 is 35.1 Å². The number of hydrogen-bond acceptors (Lipinski definition) is 3. The molecule has 0 unspecified atom stereocenters. The monoisotopic (exact) mass is 422 g/mol. The van der Waals surface area contributed by atoms with E-state index in [4.69, 9.17) is 32.0 Å². The molecule has 0 spiro atoms. The number of carbonyl (C=O) groups is 1. The number of rotatable bonds is 5. The van der Waals surface area contributed by atoms with Crippen LogP contribution in [0.2, 0.25) is 10.0 Å². The van der Waals surface area contributed by atoms with Crippen LogP contribution in [0.15, 0.2) is 81.6 Å². The van der Waals surface area contributed by atoms with E-state index in [2.05, 4.69) is 0 Å². The Balaban J connectivity index is 1.50. The number of allylic oxidation sites excluding steroid dienone is 1. The zero-order valence-electron chi connectivity index (χ0n) is 15.5. The van der Waals surface area contributed by atoms with Gasteiger partial charge in [0.1, 0.15) is 17.3 Å². The van der Waals surface area contributed by atoms with Crippen LogP contribution in [0.1, 0.15) is 21.9 Å². The molecule has 4 aromatic rings. The van der Waals surface area contributed by atoms with Crippen LogP contribution in [0.5, 0.6) is 0 Å². The summed E-state index contributed by atoms with van der Waals surface area (Å²) in [5, 5.41) is 1.26. The van der Waals surface area contributed by atoms with Gasteiger partial charge in [0, 0.05) is 16.1 Å². The third-order valence-corrected chi connectivity index (χ3v) is 5.21. The zero-order valence-corrected chi connectivity index (χ0v) is 17.0. The molecule has 0 saturated carbocycles. The summed E-state index contributed by atoms with van der Waals surface area (Å²) in [6.45, 7) is 1.93. The molecule has 0 aliphatic rings. The van der Waals surface area contributed by atoms with Gasteiger partial charge in [-0.05, 0) is 67.1 Å². The van der Waals surface area contributed by atoms with Crippen molar-refractivity contribution in [2.75, 3.05) is 0 Å². The highest BCUT2D eigenvalue weighted by molar-refractivity contribution is 6.33. The lowest BCUT2D eigenvalue weighted by Gasteiger charge is -2.00. The van der Waals surface area contributed by atoms with E-state index < -0.39 is 0 Å². The van der Waals surface area contributed by atoms with Gasteiger partial charge in [-0.1, -0.05) is 47.5 Å². The van der Waals surface area contributed by atoms with Crippen molar-refractivity contribution < 1.29 is 13.6 Å². The summed E-state index contributed by atoms with van der Waals surface area (Å²) in [5.74, 6) is 1.75. The fourth-order valence-electron chi connectivity index (χ4n) is 2.86. The van der Waals surface area contributed by atoms with Gasteiger partial charge in [-0.3, -0.25) is 4.79 Å². The molecule has 4 rings (SSSR count). The van der Waals surface area contributed by atoms with E-state index in [-0.39, 0.29) is 11.5 Å². The maximum Gasteiger partial charge on any atom is 0.221 e. The van der Waals surface area contributed by atoms with Gasteiger partial charge in [0.25, 0.3) is 0 Å². The number of aryl methyl sites for hydroxylation is 1. The molecule has 0 atom stereocenters. The Bertz CT molecular complexity index is 1210. The normalized spacial score (nSPS) is 11.3. The van der Waals surface area contributed by atoms with Crippen LogP contribution >= 0.6 is 23.2 Å². The Kier molecular flexibility index (Phi) is 5.43. The first-order valence-electron chi connectivity index (χ1n) is 8.95. The third-order valence-electron chi connectivity index (χ3n) is 4.47. The summed E-state index contributed by atoms with van der Waals surface area (Å²) in [6.07, 6.45) is 3.02. The molecule has 0 bridgehead atoms. The Morgan fingerprint density at radius 1 is 0.862 bits per heavy atom. The van der Waals surface area contributed by atoms with Gasteiger partial charge in [-0.2, -0.15) is 0 Å². The van der Waals surface area contributed by atoms with Crippen molar-refractivity contribution in [3.05, 3.63) is 99.9 Å². The molecule has 3 nitrogen and oxygen atoms in total. The average Bonchev–Trinajstić information content (AvgIpc) is 3.38. The number of carbonyl (C=O) groups excluding carboxylic acids is 1. The molecule has 0 amide bonds. The molecule has 2 aromatic heterocycles. The lowest BCUT2D eigenvalue weighted by Crippen LogP contribution is -1.90. The molecule has 29 heavy (non-hydrogen) atoms. The quantitative estimate of drug-likeness (QED) is 0.244. The van der Waals surface area contributed by atoms with Gasteiger partial charge in [0.05, 0.1) is 5.02 Å². The second-order valence-corrected chi connectivity index (χ2v) is 7.32. The minimum atomic E-state index is -0.259. The summed E-state index contributed by atoms with van der Waals surface area (Å²) in [5.41, 5.74) is 2.60. The van der Waals surface area contributed by atoms with Gasteiger partial charge >= 0.3 is 0 Å². The van der Waals surface area contributed by atoms with E-state index in [9.17, 15) is 4.79 Å². The second-order valence-electron chi connectivity index (χ2n) is 6.51. The summed E-state index contributed by atoms with van der Waals surface area (Å²) in [7, 11) is 0. The van der Waals surface area contributed by atoms with Crippen molar-refractivity contribution in [3.63, 3.8) is 0 Å². The highest BCUT2D eigenvalue weighted by Crippen LogP contribution is 2.30. The van der Waals surface area contributed by atoms with Crippen molar-refractivity contribution in [1.29, 1.82) is 0 Å². The van der Waals surface area contributed by atoms with Crippen molar-refractivity contribution in [3.8, 4) is 22.6 Å². The number of furan rings is 2. The van der Waals surface area contributed by atoms with E-state index in [1.54, 1.807) is 30.3 Å². The molecular formula is C24H16Cl2O3. The Labute approximate surface area is 178 Å². The smallest absolute Gasteiger partial charge is 0.221 e. The Morgan fingerprint density at radius 2 is 1.66 bits per heavy atom. The lowest BCUT2D eigenvalue weighted by molar-refractivity contribution is 0.102. The molecule has 0 N–H and O–H groups in total. The maximum atomic E-state index is 12.4. The van der Waals surface area contributed by atoms with Crippen molar-refractivity contribution in [2.24, 2.45) is 0 Å². The van der Waals surface area contributed by atoms with Crippen molar-refractivity contribution in [2.45, 2.75) is 6.92 Å². The molecule has 144 valence electrons. The first-order valence-corrected chi connectivity index (χ1v) is 9.70. The molecule has 0 aliphatic heterocycles. The Hall–Kier alpha value is -3.01. The zero-order chi connectivity index (χ0) is 20.4.